The molecule has 1 heterocycles. The Kier molecular flexibility index (Phi) is 7.81. The normalized spacial score (nSPS) is 13.9. The SMILES string of the molecule is CN=C(NCc1ccn(C)c1)NCc1ccc(C)cc1OCC1CC1.I. The van der Waals surface area contributed by atoms with Crippen LogP contribution in [0.5, 0.6) is 5.75 Å². The molecule has 0 amide bonds. The Labute approximate surface area is 173 Å². The molecule has 0 bridgehead atoms. The number of hydrogen-bond acceptors (Lipinski definition) is 2. The lowest BCUT2D eigenvalue weighted by atomic mass is 10.1. The number of rotatable bonds is 7. The number of guanidine groups is 1. The van der Waals surface area contributed by atoms with Gasteiger partial charge in [-0.15, -0.1) is 24.0 Å². The number of aromatic nitrogens is 1. The molecule has 5 nitrogen and oxygen atoms in total. The molecule has 1 aromatic carbocycles. The van der Waals surface area contributed by atoms with Gasteiger partial charge in [0.1, 0.15) is 5.75 Å². The number of hydrogen-bond donors (Lipinski definition) is 2. The summed E-state index contributed by atoms with van der Waals surface area (Å²) in [6.07, 6.45) is 6.75. The van der Waals surface area contributed by atoms with Crippen LogP contribution in [0.1, 0.15) is 29.5 Å². The summed E-state index contributed by atoms with van der Waals surface area (Å²) in [4.78, 5) is 4.30. The molecule has 6 heteroatoms. The molecule has 0 unspecified atom stereocenters. The highest BCUT2D eigenvalue weighted by Gasteiger charge is 2.22. The quantitative estimate of drug-likeness (QED) is 0.371. The average molecular weight is 468 g/mol. The molecule has 2 N–H and O–H groups in total. The van der Waals surface area contributed by atoms with Crippen molar-refractivity contribution in [3.63, 3.8) is 0 Å². The van der Waals surface area contributed by atoms with Gasteiger partial charge in [-0.2, -0.15) is 0 Å². The van der Waals surface area contributed by atoms with Crippen LogP contribution in [-0.2, 0) is 20.1 Å². The zero-order valence-corrected chi connectivity index (χ0v) is 18.1. The first-order valence-corrected chi connectivity index (χ1v) is 8.91. The van der Waals surface area contributed by atoms with E-state index < -0.39 is 0 Å². The van der Waals surface area contributed by atoms with E-state index in [1.54, 1.807) is 7.05 Å². The van der Waals surface area contributed by atoms with Gasteiger partial charge in [0.05, 0.1) is 6.61 Å². The van der Waals surface area contributed by atoms with Gasteiger partial charge in [0.15, 0.2) is 5.96 Å². The number of nitrogens with one attached hydrogen (secondary N) is 2. The zero-order chi connectivity index (χ0) is 17.6. The van der Waals surface area contributed by atoms with Crippen LogP contribution < -0.4 is 15.4 Å². The van der Waals surface area contributed by atoms with E-state index >= 15 is 0 Å². The summed E-state index contributed by atoms with van der Waals surface area (Å²) in [5.74, 6) is 2.53. The maximum absolute atomic E-state index is 6.04. The number of ether oxygens (including phenoxy) is 1. The summed E-state index contributed by atoms with van der Waals surface area (Å²) in [5, 5.41) is 6.72. The van der Waals surface area contributed by atoms with E-state index in [4.69, 9.17) is 4.74 Å². The summed E-state index contributed by atoms with van der Waals surface area (Å²) >= 11 is 0. The van der Waals surface area contributed by atoms with Gasteiger partial charge in [-0.05, 0) is 48.9 Å². The molecule has 142 valence electrons. The van der Waals surface area contributed by atoms with Gasteiger partial charge in [-0.1, -0.05) is 12.1 Å². The Hall–Kier alpha value is -1.70. The Morgan fingerprint density at radius 1 is 1.23 bits per heavy atom. The molecule has 1 aromatic heterocycles. The fraction of sp³-hybridized carbons (Fsp3) is 0.450. The minimum atomic E-state index is 0. The predicted octanol–water partition coefficient (Wildman–Crippen LogP) is 3.61. The number of nitrogens with zero attached hydrogens (tertiary/aromatic N) is 2. The highest BCUT2D eigenvalue weighted by atomic mass is 127. The molecule has 26 heavy (non-hydrogen) atoms. The van der Waals surface area contributed by atoms with Crippen LogP contribution in [0.2, 0.25) is 0 Å². The summed E-state index contributed by atoms with van der Waals surface area (Å²) < 4.78 is 8.08. The van der Waals surface area contributed by atoms with Crippen LogP contribution in [0.4, 0.5) is 0 Å². The van der Waals surface area contributed by atoms with Crippen LogP contribution >= 0.6 is 24.0 Å². The van der Waals surface area contributed by atoms with E-state index in [-0.39, 0.29) is 24.0 Å². The molecule has 1 fully saturated rings. The lowest BCUT2D eigenvalue weighted by Gasteiger charge is -2.15. The van der Waals surface area contributed by atoms with Crippen molar-refractivity contribution in [3.8, 4) is 5.75 Å². The first kappa shape index (κ1) is 20.6. The Morgan fingerprint density at radius 3 is 2.65 bits per heavy atom. The third-order valence-corrected chi connectivity index (χ3v) is 4.42. The van der Waals surface area contributed by atoms with E-state index in [2.05, 4.69) is 53.0 Å². The van der Waals surface area contributed by atoms with Crippen molar-refractivity contribution >= 4 is 29.9 Å². The second-order valence-corrected chi connectivity index (χ2v) is 6.83. The lowest BCUT2D eigenvalue weighted by molar-refractivity contribution is 0.296. The summed E-state index contributed by atoms with van der Waals surface area (Å²) in [5.41, 5.74) is 3.62. The monoisotopic (exact) mass is 468 g/mol. The van der Waals surface area contributed by atoms with E-state index in [9.17, 15) is 0 Å². The standard InChI is InChI=1S/C20H28N4O.HI/c1-15-4-7-18(19(10-15)25-14-16-5-6-16)12-23-20(21-2)22-11-17-8-9-24(3)13-17;/h4,7-10,13,16H,5-6,11-12,14H2,1-3H3,(H2,21,22,23);1H. The lowest BCUT2D eigenvalue weighted by Crippen LogP contribution is -2.36. The molecule has 1 aliphatic rings. The van der Waals surface area contributed by atoms with Gasteiger partial charge < -0.3 is 19.9 Å². The molecule has 0 aliphatic heterocycles. The van der Waals surface area contributed by atoms with Crippen LogP contribution in [0.3, 0.4) is 0 Å². The predicted molar refractivity (Wildman–Crippen MR) is 117 cm³/mol. The number of benzene rings is 1. The van der Waals surface area contributed by atoms with Gasteiger partial charge in [-0.25, -0.2) is 0 Å². The number of aliphatic imine (C=N–C) groups is 1. The van der Waals surface area contributed by atoms with E-state index in [1.807, 2.05) is 17.8 Å². The maximum Gasteiger partial charge on any atom is 0.191 e. The van der Waals surface area contributed by atoms with Crippen molar-refractivity contribution in [2.45, 2.75) is 32.9 Å². The third kappa shape index (κ3) is 6.23. The third-order valence-electron chi connectivity index (χ3n) is 4.42. The Balaban J connectivity index is 0.00000243. The molecule has 3 rings (SSSR count). The Morgan fingerprint density at radius 2 is 2.00 bits per heavy atom. The van der Waals surface area contributed by atoms with Crippen LogP contribution in [0.25, 0.3) is 0 Å². The van der Waals surface area contributed by atoms with Crippen molar-refractivity contribution < 1.29 is 4.74 Å². The van der Waals surface area contributed by atoms with Crippen molar-refractivity contribution in [2.75, 3.05) is 13.7 Å². The van der Waals surface area contributed by atoms with E-state index in [1.165, 1.54) is 24.0 Å². The number of halogens is 1. The van der Waals surface area contributed by atoms with Crippen molar-refractivity contribution in [3.05, 3.63) is 53.3 Å². The first-order chi connectivity index (χ1) is 12.1. The van der Waals surface area contributed by atoms with Crippen molar-refractivity contribution in [1.29, 1.82) is 0 Å². The Bertz CT molecular complexity index is 737. The van der Waals surface area contributed by atoms with Gasteiger partial charge in [0, 0.05) is 45.1 Å². The second-order valence-electron chi connectivity index (χ2n) is 6.83. The van der Waals surface area contributed by atoms with Gasteiger partial charge >= 0.3 is 0 Å². The van der Waals surface area contributed by atoms with Gasteiger partial charge in [0.2, 0.25) is 0 Å². The van der Waals surface area contributed by atoms with E-state index in [0.29, 0.717) is 6.54 Å². The topological polar surface area (TPSA) is 50.6 Å². The van der Waals surface area contributed by atoms with Gasteiger partial charge in [0.25, 0.3) is 0 Å². The minimum Gasteiger partial charge on any atom is -0.493 e. The summed E-state index contributed by atoms with van der Waals surface area (Å²) in [7, 11) is 3.82. The molecule has 0 saturated heterocycles. The highest BCUT2D eigenvalue weighted by molar-refractivity contribution is 14.0. The molecule has 0 atom stereocenters. The van der Waals surface area contributed by atoms with Crippen molar-refractivity contribution in [1.82, 2.24) is 15.2 Å². The summed E-state index contributed by atoms with van der Waals surface area (Å²) in [6, 6.07) is 8.49. The largest absolute Gasteiger partial charge is 0.493 e. The van der Waals surface area contributed by atoms with Crippen molar-refractivity contribution in [2.24, 2.45) is 18.0 Å². The molecule has 1 saturated carbocycles. The molecular formula is C20H29IN4O. The fourth-order valence-electron chi connectivity index (χ4n) is 2.69. The van der Waals surface area contributed by atoms with Crippen LogP contribution in [0, 0.1) is 12.8 Å². The fourth-order valence-corrected chi connectivity index (χ4v) is 2.69. The van der Waals surface area contributed by atoms with Crippen LogP contribution in [-0.4, -0.2) is 24.2 Å². The second kappa shape index (κ2) is 9.85. The minimum absolute atomic E-state index is 0. The molecule has 0 spiro atoms. The number of aryl methyl sites for hydroxylation is 2. The smallest absolute Gasteiger partial charge is 0.191 e. The maximum atomic E-state index is 6.04. The van der Waals surface area contributed by atoms with E-state index in [0.717, 1.165) is 36.3 Å². The molecular weight excluding hydrogens is 439 g/mol. The zero-order valence-electron chi connectivity index (χ0n) is 15.8. The highest BCUT2D eigenvalue weighted by Crippen LogP contribution is 2.30. The summed E-state index contributed by atoms with van der Waals surface area (Å²) in [6.45, 7) is 4.37. The molecule has 2 aromatic rings. The van der Waals surface area contributed by atoms with Gasteiger partial charge in [-0.3, -0.25) is 4.99 Å². The average Bonchev–Trinajstić information content (AvgIpc) is 3.35. The first-order valence-electron chi connectivity index (χ1n) is 8.91. The molecule has 1 aliphatic carbocycles. The molecule has 0 radical (unpaired) electrons. The van der Waals surface area contributed by atoms with Crippen LogP contribution in [0.15, 0.2) is 41.7 Å².